The molecule has 2 aromatic rings. The van der Waals surface area contributed by atoms with Crippen molar-refractivity contribution in [1.82, 2.24) is 0 Å². The topological polar surface area (TPSA) is 96.0 Å². The summed E-state index contributed by atoms with van der Waals surface area (Å²) < 4.78 is 138. The molecule has 2 aromatic carbocycles. The molecule has 0 spiro atoms. The van der Waals surface area contributed by atoms with Gasteiger partial charge in [0.05, 0.1) is 15.2 Å². The lowest BCUT2D eigenvalue weighted by molar-refractivity contribution is -0.0502. The molecule has 0 saturated heterocycles. The quantitative estimate of drug-likeness (QED) is 0.218. The molecule has 0 aromatic heterocycles. The van der Waals surface area contributed by atoms with Crippen LogP contribution in [0.1, 0.15) is 0 Å². The Morgan fingerprint density at radius 2 is 1.09 bits per heavy atom. The highest BCUT2D eigenvalue weighted by Gasteiger charge is 2.51. The summed E-state index contributed by atoms with van der Waals surface area (Å²) >= 11 is 0. The lowest BCUT2D eigenvalue weighted by Gasteiger charge is -2.25. The molecule has 2 rings (SSSR count). The highest BCUT2D eigenvalue weighted by molar-refractivity contribution is 7.88. The summed E-state index contributed by atoms with van der Waals surface area (Å²) in [6, 6.07) is 7.22. The van der Waals surface area contributed by atoms with Crippen LogP contribution in [0.4, 0.5) is 26.3 Å². The van der Waals surface area contributed by atoms with Gasteiger partial charge in [-0.15, -0.1) is 0 Å². The Morgan fingerprint density at radius 1 is 0.706 bits per heavy atom. The highest BCUT2D eigenvalue weighted by atomic mass is 32.2. The number of rotatable bonds is 7. The minimum atomic E-state index is -6.26. The molecule has 0 aliphatic carbocycles. The molecule has 0 saturated carbocycles. The summed E-state index contributed by atoms with van der Waals surface area (Å²) in [5, 5.41) is -0.523. The van der Waals surface area contributed by atoms with Crippen molar-refractivity contribution in [2.75, 3.05) is 7.11 Å². The number of hydrogen-bond acceptors (Lipinski definition) is 7. The zero-order valence-corrected chi connectivity index (χ0v) is 20.5. The van der Waals surface area contributed by atoms with Gasteiger partial charge in [-0.05, 0) is 35.4 Å². The molecule has 34 heavy (non-hydrogen) atoms. The first-order valence-corrected chi connectivity index (χ1v) is 15.4. The molecule has 0 fully saturated rings. The number of benzene rings is 2. The van der Waals surface area contributed by atoms with E-state index in [1.54, 1.807) is 0 Å². The van der Waals surface area contributed by atoms with E-state index in [4.69, 9.17) is 4.74 Å². The zero-order valence-electron chi connectivity index (χ0n) is 17.9. The molecule has 0 heterocycles. The average Bonchev–Trinajstić information content (AvgIpc) is 2.64. The number of ether oxygens (including phenoxy) is 1. The Labute approximate surface area is 192 Å². The smallest absolute Gasteiger partial charge is 0.497 e. The van der Waals surface area contributed by atoms with Crippen molar-refractivity contribution in [3.05, 3.63) is 36.4 Å². The zero-order chi connectivity index (χ0) is 26.3. The van der Waals surface area contributed by atoms with Crippen molar-refractivity contribution >= 4 is 33.5 Å². The van der Waals surface area contributed by atoms with E-state index in [2.05, 4.69) is 8.37 Å². The number of hydrogen-bond donors (Lipinski definition) is 0. The van der Waals surface area contributed by atoms with E-state index in [9.17, 15) is 43.2 Å². The van der Waals surface area contributed by atoms with Gasteiger partial charge in [-0.1, -0.05) is 31.8 Å². The van der Waals surface area contributed by atoms with Crippen LogP contribution < -0.4 is 18.3 Å². The Morgan fingerprint density at radius 3 is 1.38 bits per heavy atom. The summed E-state index contributed by atoms with van der Waals surface area (Å²) in [5.74, 6) is -1.65. The van der Waals surface area contributed by atoms with Gasteiger partial charge in [0.2, 0.25) is 0 Å². The minimum Gasteiger partial charge on any atom is -0.497 e. The van der Waals surface area contributed by atoms with Crippen molar-refractivity contribution in [1.29, 1.82) is 0 Å². The van der Waals surface area contributed by atoms with Gasteiger partial charge in [0, 0.05) is 5.19 Å². The van der Waals surface area contributed by atoms with E-state index in [0.717, 1.165) is 12.1 Å². The van der Waals surface area contributed by atoms with E-state index in [1.807, 2.05) is 0 Å². The van der Waals surface area contributed by atoms with Crippen LogP contribution in [0, 0.1) is 0 Å². The maximum Gasteiger partial charge on any atom is 0.534 e. The highest BCUT2D eigenvalue weighted by Crippen LogP contribution is 2.36. The van der Waals surface area contributed by atoms with Crippen molar-refractivity contribution < 1.29 is 56.3 Å². The number of methoxy groups -OCH3 is 1. The Balaban J connectivity index is 2.89. The molecule has 16 heteroatoms. The van der Waals surface area contributed by atoms with Gasteiger partial charge in [0.1, 0.15) is 17.2 Å². The molecule has 0 bridgehead atoms. The normalized spacial score (nSPS) is 13.5. The fourth-order valence-corrected chi connectivity index (χ4v) is 5.54. The molecule has 0 unspecified atom stereocenters. The van der Waals surface area contributed by atoms with Crippen LogP contribution >= 0.6 is 0 Å². The summed E-state index contributed by atoms with van der Waals surface area (Å²) in [4.78, 5) is 0. The van der Waals surface area contributed by atoms with Gasteiger partial charge in [-0.25, -0.2) is 0 Å². The van der Waals surface area contributed by atoms with Gasteiger partial charge in [0.25, 0.3) is 0 Å². The van der Waals surface area contributed by atoms with Crippen LogP contribution in [-0.4, -0.2) is 43.0 Å². The van der Waals surface area contributed by atoms with Gasteiger partial charge < -0.3 is 13.1 Å². The third kappa shape index (κ3) is 5.96. The van der Waals surface area contributed by atoms with Crippen LogP contribution in [-0.2, 0) is 20.2 Å². The lowest BCUT2D eigenvalue weighted by Crippen LogP contribution is -2.42. The first-order valence-electron chi connectivity index (χ1n) is 9.04. The van der Waals surface area contributed by atoms with Gasteiger partial charge in [-0.3, -0.25) is 0 Å². The molecule has 190 valence electrons. The Kier molecular flexibility index (Phi) is 7.32. The maximum atomic E-state index is 13.0. The van der Waals surface area contributed by atoms with E-state index in [1.165, 1.54) is 51.0 Å². The van der Waals surface area contributed by atoms with E-state index in [0.29, 0.717) is 5.75 Å². The summed E-state index contributed by atoms with van der Waals surface area (Å²) in [7, 11) is -14.3. The molecule has 0 atom stereocenters. The van der Waals surface area contributed by atoms with Crippen LogP contribution in [0.25, 0.3) is 11.1 Å². The second-order valence-electron chi connectivity index (χ2n) is 7.79. The monoisotopic (exact) mass is 552 g/mol. The fourth-order valence-electron chi connectivity index (χ4n) is 2.74. The van der Waals surface area contributed by atoms with Gasteiger partial charge in [0.15, 0.2) is 0 Å². The van der Waals surface area contributed by atoms with Crippen LogP contribution in [0.5, 0.6) is 17.2 Å². The molecule has 0 aliphatic heterocycles. The van der Waals surface area contributed by atoms with Crippen molar-refractivity contribution in [2.45, 2.75) is 30.7 Å². The average molecular weight is 553 g/mol. The third-order valence-corrected chi connectivity index (χ3v) is 8.13. The third-order valence-electron chi connectivity index (χ3n) is 4.21. The largest absolute Gasteiger partial charge is 0.534 e. The molecular formula is C18H18F6O7S2Si. The van der Waals surface area contributed by atoms with Crippen molar-refractivity contribution in [2.24, 2.45) is 0 Å². The number of alkyl halides is 6. The summed E-state index contributed by atoms with van der Waals surface area (Å²) in [5.41, 5.74) is -11.7. The fraction of sp³-hybridized carbons (Fsp3) is 0.333. The van der Waals surface area contributed by atoms with E-state index in [-0.39, 0.29) is 11.1 Å². The SMILES string of the molecule is COc1ccc(-c2cc(OS(=O)(=O)C(F)(F)F)c([Si](C)(C)C)c(OS(=O)(=O)C(F)(F)F)c2)cc1. The first kappa shape index (κ1) is 27.8. The molecule has 7 nitrogen and oxygen atoms in total. The standard InChI is InChI=1S/C18H18F6O7S2Si/c1-29-13-7-5-11(6-8-13)12-9-14(30-32(25,26)17(19,20)21)16(34(2,3)4)15(10-12)31-33(27,28)18(22,23)24/h5-10H,1-4H3. The van der Waals surface area contributed by atoms with E-state index >= 15 is 0 Å². The molecular weight excluding hydrogens is 534 g/mol. The number of halogens is 6. The predicted octanol–water partition coefficient (Wildman–Crippen LogP) is 4.36. The Bertz CT molecular complexity index is 1200. The van der Waals surface area contributed by atoms with Crippen molar-refractivity contribution in [3.8, 4) is 28.4 Å². The summed E-state index contributed by atoms with van der Waals surface area (Å²) in [6.07, 6.45) is 0. The second-order valence-corrected chi connectivity index (χ2v) is 15.9. The summed E-state index contributed by atoms with van der Waals surface area (Å²) in [6.45, 7) is 4.24. The van der Waals surface area contributed by atoms with Gasteiger partial charge in [-0.2, -0.15) is 43.2 Å². The second kappa shape index (κ2) is 8.96. The Hall–Kier alpha value is -2.46. The van der Waals surface area contributed by atoms with Crippen LogP contribution in [0.2, 0.25) is 19.6 Å². The molecule has 0 aliphatic rings. The molecule has 0 amide bonds. The molecule has 0 N–H and O–H groups in total. The van der Waals surface area contributed by atoms with Crippen LogP contribution in [0.15, 0.2) is 36.4 Å². The predicted molar refractivity (Wildman–Crippen MR) is 113 cm³/mol. The van der Waals surface area contributed by atoms with Crippen LogP contribution in [0.3, 0.4) is 0 Å². The first-order chi connectivity index (χ1) is 15.2. The van der Waals surface area contributed by atoms with E-state index < -0.39 is 56.0 Å². The molecule has 0 radical (unpaired) electrons. The lowest BCUT2D eigenvalue weighted by atomic mass is 10.0. The van der Waals surface area contributed by atoms with Gasteiger partial charge >= 0.3 is 31.3 Å². The van der Waals surface area contributed by atoms with Crippen molar-refractivity contribution in [3.63, 3.8) is 0 Å². The minimum absolute atomic E-state index is 0.159. The maximum absolute atomic E-state index is 13.0.